The molecule has 0 radical (unpaired) electrons. The fraction of sp³-hybridized carbons (Fsp3) is 0.231. The monoisotopic (exact) mass is 329 g/mol. The van der Waals surface area contributed by atoms with Crippen LogP contribution in [-0.4, -0.2) is 29.9 Å². The summed E-state index contributed by atoms with van der Waals surface area (Å²) >= 11 is 0. The molecule has 0 aliphatic carbocycles. The van der Waals surface area contributed by atoms with Gasteiger partial charge in [-0.1, -0.05) is 0 Å². The summed E-state index contributed by atoms with van der Waals surface area (Å²) in [5, 5.41) is 6.66. The molecule has 22 heavy (non-hydrogen) atoms. The van der Waals surface area contributed by atoms with E-state index in [-0.39, 0.29) is 5.56 Å². The number of halogens is 2. The van der Waals surface area contributed by atoms with E-state index in [2.05, 4.69) is 10.4 Å². The number of aromatic nitrogens is 2. The molecule has 118 valence electrons. The number of amides is 1. The Labute approximate surface area is 125 Å². The Morgan fingerprint density at radius 1 is 1.27 bits per heavy atom. The van der Waals surface area contributed by atoms with Gasteiger partial charge in [0.1, 0.15) is 5.82 Å². The molecular weight excluding hydrogens is 316 g/mol. The fourth-order valence-electron chi connectivity index (χ4n) is 1.81. The second-order valence-electron chi connectivity index (χ2n) is 4.58. The third kappa shape index (κ3) is 3.14. The Morgan fingerprint density at radius 2 is 1.86 bits per heavy atom. The summed E-state index contributed by atoms with van der Waals surface area (Å²) in [6, 6.07) is 5.96. The van der Waals surface area contributed by atoms with Crippen LogP contribution in [0.2, 0.25) is 0 Å². The first-order valence-corrected chi connectivity index (χ1v) is 7.70. The molecule has 6 nitrogen and oxygen atoms in total. The molecule has 0 aliphatic rings. The first kappa shape index (κ1) is 16.1. The molecule has 1 N–H and O–H groups in total. The smallest absolute Gasteiger partial charge is 0.307 e. The van der Waals surface area contributed by atoms with Gasteiger partial charge in [0.15, 0.2) is 0 Å². The van der Waals surface area contributed by atoms with Crippen LogP contribution in [-0.2, 0) is 16.9 Å². The molecule has 0 atom stereocenters. The average Bonchev–Trinajstić information content (AvgIpc) is 2.76. The minimum Gasteiger partial charge on any atom is -0.307 e. The van der Waals surface area contributed by atoms with Gasteiger partial charge in [0, 0.05) is 18.7 Å². The summed E-state index contributed by atoms with van der Waals surface area (Å²) in [5.74, 6) is -3.53. The van der Waals surface area contributed by atoms with Gasteiger partial charge in [0.2, 0.25) is 9.84 Å². The lowest BCUT2D eigenvalue weighted by molar-refractivity contribution is 0.102. The molecule has 0 bridgehead atoms. The predicted molar refractivity (Wildman–Crippen MR) is 75.5 cm³/mol. The third-order valence-electron chi connectivity index (χ3n) is 2.92. The lowest BCUT2D eigenvalue weighted by atomic mass is 10.2. The molecule has 0 fully saturated rings. The van der Waals surface area contributed by atoms with E-state index in [0.717, 1.165) is 17.8 Å². The van der Waals surface area contributed by atoms with E-state index in [1.807, 2.05) is 0 Å². The summed E-state index contributed by atoms with van der Waals surface area (Å²) < 4.78 is 48.9. The van der Waals surface area contributed by atoms with E-state index in [0.29, 0.717) is 5.82 Å². The SMILES string of the molecule is Cc1cc(NC(=O)c2ccc(S(=O)(=O)C(F)F)cc2)n(C)n1. The van der Waals surface area contributed by atoms with Crippen LogP contribution >= 0.6 is 0 Å². The highest BCUT2D eigenvalue weighted by atomic mass is 32.2. The van der Waals surface area contributed by atoms with Crippen molar-refractivity contribution in [3.63, 3.8) is 0 Å². The van der Waals surface area contributed by atoms with Crippen molar-refractivity contribution >= 4 is 21.6 Å². The molecule has 9 heteroatoms. The zero-order valence-corrected chi connectivity index (χ0v) is 12.6. The van der Waals surface area contributed by atoms with Crippen LogP contribution in [0.25, 0.3) is 0 Å². The van der Waals surface area contributed by atoms with Crippen LogP contribution in [0.3, 0.4) is 0 Å². The number of hydrogen-bond acceptors (Lipinski definition) is 4. The van der Waals surface area contributed by atoms with Crippen molar-refractivity contribution in [1.29, 1.82) is 0 Å². The molecule has 1 aromatic heterocycles. The van der Waals surface area contributed by atoms with E-state index < -0.39 is 26.4 Å². The second kappa shape index (κ2) is 5.84. The summed E-state index contributed by atoms with van der Waals surface area (Å²) in [5.41, 5.74) is 0.864. The topological polar surface area (TPSA) is 81.1 Å². The van der Waals surface area contributed by atoms with Crippen molar-refractivity contribution in [3.05, 3.63) is 41.6 Å². The molecule has 0 saturated carbocycles. The first-order valence-electron chi connectivity index (χ1n) is 6.16. The Balaban J connectivity index is 2.20. The van der Waals surface area contributed by atoms with Gasteiger partial charge >= 0.3 is 5.76 Å². The van der Waals surface area contributed by atoms with Crippen molar-refractivity contribution in [2.24, 2.45) is 7.05 Å². The van der Waals surface area contributed by atoms with Crippen molar-refractivity contribution in [1.82, 2.24) is 9.78 Å². The summed E-state index contributed by atoms with van der Waals surface area (Å²) in [7, 11) is -3.01. The van der Waals surface area contributed by atoms with E-state index in [1.54, 1.807) is 20.0 Å². The number of sulfone groups is 1. The number of anilines is 1. The Bertz CT molecular complexity index is 798. The van der Waals surface area contributed by atoms with E-state index >= 15 is 0 Å². The number of rotatable bonds is 4. The van der Waals surface area contributed by atoms with Crippen LogP contribution < -0.4 is 5.32 Å². The number of nitrogens with one attached hydrogen (secondary N) is 1. The summed E-state index contributed by atoms with van der Waals surface area (Å²) in [6.07, 6.45) is 0. The Kier molecular flexibility index (Phi) is 4.27. The molecule has 1 amide bonds. The van der Waals surface area contributed by atoms with Crippen molar-refractivity contribution in [2.75, 3.05) is 5.32 Å². The van der Waals surface area contributed by atoms with Gasteiger partial charge in [0.25, 0.3) is 5.91 Å². The van der Waals surface area contributed by atoms with E-state index in [9.17, 15) is 22.0 Å². The Morgan fingerprint density at radius 3 is 2.32 bits per heavy atom. The lowest BCUT2D eigenvalue weighted by Gasteiger charge is -2.06. The molecule has 0 spiro atoms. The average molecular weight is 329 g/mol. The third-order valence-corrected chi connectivity index (χ3v) is 4.32. The molecule has 0 unspecified atom stereocenters. The molecule has 0 saturated heterocycles. The van der Waals surface area contributed by atoms with E-state index in [1.165, 1.54) is 16.8 Å². The number of benzene rings is 1. The van der Waals surface area contributed by atoms with Gasteiger partial charge in [-0.15, -0.1) is 0 Å². The highest BCUT2D eigenvalue weighted by molar-refractivity contribution is 7.91. The second-order valence-corrected chi connectivity index (χ2v) is 6.50. The number of hydrogen-bond donors (Lipinski definition) is 1. The first-order chi connectivity index (χ1) is 10.2. The maximum atomic E-state index is 12.4. The molecule has 1 heterocycles. The summed E-state index contributed by atoms with van der Waals surface area (Å²) in [4.78, 5) is 11.5. The predicted octanol–water partition coefficient (Wildman–Crippen LogP) is 1.98. The zero-order chi connectivity index (χ0) is 16.5. The van der Waals surface area contributed by atoms with Gasteiger partial charge in [-0.05, 0) is 31.2 Å². The normalized spacial score (nSPS) is 11.7. The highest BCUT2D eigenvalue weighted by Crippen LogP contribution is 2.19. The quantitative estimate of drug-likeness (QED) is 0.930. The fourth-order valence-corrected chi connectivity index (χ4v) is 2.54. The van der Waals surface area contributed by atoms with Gasteiger partial charge < -0.3 is 5.32 Å². The highest BCUT2D eigenvalue weighted by Gasteiger charge is 2.26. The van der Waals surface area contributed by atoms with Crippen molar-refractivity contribution in [3.8, 4) is 0 Å². The lowest BCUT2D eigenvalue weighted by Crippen LogP contribution is -2.15. The molecule has 2 aromatic rings. The number of aryl methyl sites for hydroxylation is 2. The molecule has 1 aromatic carbocycles. The largest absolute Gasteiger partial charge is 0.341 e. The van der Waals surface area contributed by atoms with Gasteiger partial charge in [0.05, 0.1) is 10.6 Å². The van der Waals surface area contributed by atoms with Gasteiger partial charge in [-0.2, -0.15) is 13.9 Å². The van der Waals surface area contributed by atoms with Crippen LogP contribution in [0.15, 0.2) is 35.2 Å². The number of carbonyl (C=O) groups is 1. The number of alkyl halides is 2. The van der Waals surface area contributed by atoms with Crippen LogP contribution in [0.1, 0.15) is 16.1 Å². The molecule has 0 aliphatic heterocycles. The maximum Gasteiger partial charge on any atom is 0.341 e. The van der Waals surface area contributed by atoms with Crippen molar-refractivity contribution in [2.45, 2.75) is 17.6 Å². The van der Waals surface area contributed by atoms with Gasteiger partial charge in [-0.3, -0.25) is 9.48 Å². The van der Waals surface area contributed by atoms with Crippen LogP contribution in [0.4, 0.5) is 14.6 Å². The zero-order valence-electron chi connectivity index (χ0n) is 11.7. The minimum atomic E-state index is -4.66. The van der Waals surface area contributed by atoms with Crippen LogP contribution in [0.5, 0.6) is 0 Å². The molecule has 2 rings (SSSR count). The standard InChI is InChI=1S/C13H13F2N3O3S/c1-8-7-11(18(2)17-8)16-12(19)9-3-5-10(6-4-9)22(20,21)13(14)15/h3-7,13H,1-2H3,(H,16,19). The minimum absolute atomic E-state index is 0.145. The maximum absolute atomic E-state index is 12.4. The van der Waals surface area contributed by atoms with Crippen molar-refractivity contribution < 1.29 is 22.0 Å². The molecular formula is C13H13F2N3O3S. The van der Waals surface area contributed by atoms with E-state index in [4.69, 9.17) is 0 Å². The number of nitrogens with zero attached hydrogens (tertiary/aromatic N) is 2. The van der Waals surface area contributed by atoms with Gasteiger partial charge in [-0.25, -0.2) is 8.42 Å². The van der Waals surface area contributed by atoms with Crippen LogP contribution in [0, 0.1) is 6.92 Å². The number of carbonyl (C=O) groups excluding carboxylic acids is 1. The summed E-state index contributed by atoms with van der Waals surface area (Å²) in [6.45, 7) is 1.76. The Hall–Kier alpha value is -2.29.